The van der Waals surface area contributed by atoms with Gasteiger partial charge in [-0.05, 0) is 25.5 Å². The summed E-state index contributed by atoms with van der Waals surface area (Å²) in [5.41, 5.74) is 1.41. The van der Waals surface area contributed by atoms with E-state index in [1.54, 1.807) is 12.1 Å². The SMILES string of the molecule is C[C@@H]1CNCCN1c1cccc2c1C(=O)N(C1CCC(=O)NC1=O)C2=O. The summed E-state index contributed by atoms with van der Waals surface area (Å²) in [6.45, 7) is 4.39. The first-order chi connectivity index (χ1) is 12.5. The Hall–Kier alpha value is -2.74. The van der Waals surface area contributed by atoms with Gasteiger partial charge in [-0.15, -0.1) is 0 Å². The maximum atomic E-state index is 13.1. The van der Waals surface area contributed by atoms with Gasteiger partial charge in [-0.1, -0.05) is 6.07 Å². The van der Waals surface area contributed by atoms with E-state index in [-0.39, 0.29) is 24.8 Å². The summed E-state index contributed by atoms with van der Waals surface area (Å²) in [4.78, 5) is 52.7. The van der Waals surface area contributed by atoms with Gasteiger partial charge in [0.2, 0.25) is 11.8 Å². The standard InChI is InChI=1S/C18H20N4O4/c1-10-9-19-7-8-21(10)12-4-2-3-11-15(12)18(26)22(17(11)25)13-5-6-14(23)20-16(13)24/h2-4,10,13,19H,5-9H2,1H3,(H,20,23,24)/t10-,13?/m1/s1. The van der Waals surface area contributed by atoms with Crippen molar-refractivity contribution in [3.8, 4) is 0 Å². The molecular formula is C18H20N4O4. The van der Waals surface area contributed by atoms with Crippen LogP contribution in [-0.2, 0) is 9.59 Å². The van der Waals surface area contributed by atoms with Crippen LogP contribution in [0.15, 0.2) is 18.2 Å². The number of nitrogens with one attached hydrogen (secondary N) is 2. The molecule has 4 amide bonds. The molecule has 8 nitrogen and oxygen atoms in total. The number of piperazine rings is 1. The molecule has 8 heteroatoms. The second-order valence-corrected chi connectivity index (χ2v) is 6.89. The van der Waals surface area contributed by atoms with Crippen LogP contribution in [0, 0.1) is 0 Å². The second kappa shape index (κ2) is 6.21. The molecule has 2 fully saturated rings. The topological polar surface area (TPSA) is 98.8 Å². The number of anilines is 1. The monoisotopic (exact) mass is 356 g/mol. The molecule has 0 aromatic heterocycles. The zero-order valence-electron chi connectivity index (χ0n) is 14.4. The van der Waals surface area contributed by atoms with Crippen LogP contribution in [0.4, 0.5) is 5.69 Å². The number of rotatable bonds is 2. The number of carbonyl (C=O) groups excluding carboxylic acids is 4. The van der Waals surface area contributed by atoms with E-state index in [1.165, 1.54) is 0 Å². The largest absolute Gasteiger partial charge is 0.366 e. The first kappa shape index (κ1) is 16.7. The molecular weight excluding hydrogens is 336 g/mol. The highest BCUT2D eigenvalue weighted by molar-refractivity contribution is 6.25. The summed E-state index contributed by atoms with van der Waals surface area (Å²) >= 11 is 0. The summed E-state index contributed by atoms with van der Waals surface area (Å²) < 4.78 is 0. The number of fused-ring (bicyclic) bond motifs is 1. The van der Waals surface area contributed by atoms with Gasteiger partial charge >= 0.3 is 0 Å². The van der Waals surface area contributed by atoms with Crippen molar-refractivity contribution < 1.29 is 19.2 Å². The highest BCUT2D eigenvalue weighted by Crippen LogP contribution is 2.35. The normalized spacial score (nSPS) is 26.2. The average Bonchev–Trinajstić information content (AvgIpc) is 2.87. The van der Waals surface area contributed by atoms with Gasteiger partial charge in [0, 0.05) is 32.1 Å². The molecule has 3 aliphatic heterocycles. The highest BCUT2D eigenvalue weighted by Gasteiger charge is 2.46. The highest BCUT2D eigenvalue weighted by atomic mass is 16.2. The van der Waals surface area contributed by atoms with Crippen molar-refractivity contribution in [2.45, 2.75) is 31.8 Å². The van der Waals surface area contributed by atoms with Gasteiger partial charge in [-0.2, -0.15) is 0 Å². The van der Waals surface area contributed by atoms with E-state index in [9.17, 15) is 19.2 Å². The van der Waals surface area contributed by atoms with Gasteiger partial charge in [-0.3, -0.25) is 29.4 Å². The van der Waals surface area contributed by atoms with Crippen LogP contribution in [0.1, 0.15) is 40.5 Å². The van der Waals surface area contributed by atoms with Crippen LogP contribution < -0.4 is 15.5 Å². The molecule has 136 valence electrons. The molecule has 0 aliphatic carbocycles. The smallest absolute Gasteiger partial charge is 0.264 e. The number of imide groups is 2. The third-order valence-corrected chi connectivity index (χ3v) is 5.26. The van der Waals surface area contributed by atoms with Crippen molar-refractivity contribution in [1.82, 2.24) is 15.5 Å². The first-order valence-corrected chi connectivity index (χ1v) is 8.81. The lowest BCUT2D eigenvalue weighted by Crippen LogP contribution is -2.54. The number of hydrogen-bond donors (Lipinski definition) is 2. The van der Waals surface area contributed by atoms with Gasteiger partial charge in [0.05, 0.1) is 16.8 Å². The van der Waals surface area contributed by atoms with Crippen LogP contribution in [0.2, 0.25) is 0 Å². The molecule has 1 aromatic carbocycles. The van der Waals surface area contributed by atoms with Crippen LogP contribution in [0.3, 0.4) is 0 Å². The fourth-order valence-corrected chi connectivity index (χ4v) is 3.94. The number of nitrogens with zero attached hydrogens (tertiary/aromatic N) is 2. The zero-order valence-corrected chi connectivity index (χ0v) is 14.4. The minimum absolute atomic E-state index is 0.117. The zero-order chi connectivity index (χ0) is 18.4. The predicted molar refractivity (Wildman–Crippen MR) is 92.8 cm³/mol. The maximum Gasteiger partial charge on any atom is 0.264 e. The van der Waals surface area contributed by atoms with E-state index in [0.29, 0.717) is 11.1 Å². The lowest BCUT2D eigenvalue weighted by molar-refractivity contribution is -0.136. The Morgan fingerprint density at radius 3 is 2.65 bits per heavy atom. The number of amides is 4. The number of piperidine rings is 1. The molecule has 2 atom stereocenters. The second-order valence-electron chi connectivity index (χ2n) is 6.89. The molecule has 2 saturated heterocycles. The van der Waals surface area contributed by atoms with Gasteiger partial charge < -0.3 is 10.2 Å². The van der Waals surface area contributed by atoms with Crippen molar-refractivity contribution in [3.63, 3.8) is 0 Å². The summed E-state index contributed by atoms with van der Waals surface area (Å²) in [7, 11) is 0. The molecule has 4 rings (SSSR count). The Bertz CT molecular complexity index is 821. The lowest BCUT2D eigenvalue weighted by Gasteiger charge is -2.36. The van der Waals surface area contributed by atoms with Crippen molar-refractivity contribution in [1.29, 1.82) is 0 Å². The third kappa shape index (κ3) is 2.48. The Morgan fingerprint density at radius 1 is 1.12 bits per heavy atom. The van der Waals surface area contributed by atoms with Crippen molar-refractivity contribution in [2.24, 2.45) is 0 Å². The molecule has 26 heavy (non-hydrogen) atoms. The van der Waals surface area contributed by atoms with Crippen LogP contribution in [0.25, 0.3) is 0 Å². The van der Waals surface area contributed by atoms with Crippen molar-refractivity contribution >= 4 is 29.3 Å². The molecule has 0 bridgehead atoms. The van der Waals surface area contributed by atoms with Gasteiger partial charge in [-0.25, -0.2) is 0 Å². The minimum Gasteiger partial charge on any atom is -0.366 e. The molecule has 3 heterocycles. The Kier molecular flexibility index (Phi) is 3.99. The van der Waals surface area contributed by atoms with Crippen LogP contribution >= 0.6 is 0 Å². The molecule has 3 aliphatic rings. The van der Waals surface area contributed by atoms with Crippen molar-refractivity contribution in [2.75, 3.05) is 24.5 Å². The summed E-state index contributed by atoms with van der Waals surface area (Å²) in [6, 6.07) is 4.48. The summed E-state index contributed by atoms with van der Waals surface area (Å²) in [5.74, 6) is -1.89. The number of hydrogen-bond acceptors (Lipinski definition) is 6. The number of benzene rings is 1. The van der Waals surface area contributed by atoms with Gasteiger partial charge in [0.1, 0.15) is 6.04 Å². The lowest BCUT2D eigenvalue weighted by atomic mass is 10.0. The predicted octanol–water partition coefficient (Wildman–Crippen LogP) is -0.114. The van der Waals surface area contributed by atoms with E-state index in [2.05, 4.69) is 22.5 Å². The van der Waals surface area contributed by atoms with E-state index < -0.39 is 23.8 Å². The number of carbonyl (C=O) groups is 4. The molecule has 0 radical (unpaired) electrons. The quantitative estimate of drug-likeness (QED) is 0.717. The Morgan fingerprint density at radius 2 is 1.92 bits per heavy atom. The Labute approximate surface area is 150 Å². The van der Waals surface area contributed by atoms with E-state index >= 15 is 0 Å². The Balaban J connectivity index is 1.72. The average molecular weight is 356 g/mol. The summed E-state index contributed by atoms with van der Waals surface area (Å²) in [5, 5.41) is 5.52. The van der Waals surface area contributed by atoms with Crippen LogP contribution in [0.5, 0.6) is 0 Å². The first-order valence-electron chi connectivity index (χ1n) is 8.81. The molecule has 1 unspecified atom stereocenters. The third-order valence-electron chi connectivity index (χ3n) is 5.26. The minimum atomic E-state index is -0.937. The summed E-state index contributed by atoms with van der Waals surface area (Å²) in [6.07, 6.45) is 0.279. The maximum absolute atomic E-state index is 13.1. The van der Waals surface area contributed by atoms with E-state index in [1.807, 2.05) is 6.07 Å². The molecule has 0 saturated carbocycles. The van der Waals surface area contributed by atoms with E-state index in [0.717, 1.165) is 30.2 Å². The molecule has 1 aromatic rings. The van der Waals surface area contributed by atoms with Crippen LogP contribution in [-0.4, -0.2) is 60.2 Å². The molecule has 2 N–H and O–H groups in total. The van der Waals surface area contributed by atoms with Gasteiger partial charge in [0.25, 0.3) is 11.8 Å². The van der Waals surface area contributed by atoms with Gasteiger partial charge in [0.15, 0.2) is 0 Å². The fraction of sp³-hybridized carbons (Fsp3) is 0.444. The fourth-order valence-electron chi connectivity index (χ4n) is 3.94. The van der Waals surface area contributed by atoms with E-state index in [4.69, 9.17) is 0 Å². The van der Waals surface area contributed by atoms with Crippen molar-refractivity contribution in [3.05, 3.63) is 29.3 Å². The molecule has 0 spiro atoms.